The fraction of sp³-hybridized carbons (Fsp3) is 0.833. The molecule has 0 spiro atoms. The van der Waals surface area contributed by atoms with E-state index in [0.29, 0.717) is 19.4 Å². The van der Waals surface area contributed by atoms with Crippen LogP contribution in [0.1, 0.15) is 71.1 Å². The van der Waals surface area contributed by atoms with Crippen LogP contribution in [0.5, 0.6) is 0 Å². The van der Waals surface area contributed by atoms with E-state index in [9.17, 15) is 14.4 Å². The Morgan fingerprint density at radius 1 is 1.12 bits per heavy atom. The third-order valence-electron chi connectivity index (χ3n) is 5.20. The van der Waals surface area contributed by atoms with Gasteiger partial charge in [0.25, 0.3) is 0 Å². The van der Waals surface area contributed by atoms with Crippen LogP contribution in [0, 0.1) is 5.92 Å². The molecule has 24 heavy (non-hydrogen) atoms. The summed E-state index contributed by atoms with van der Waals surface area (Å²) in [5, 5.41) is 11.8. The third-order valence-corrected chi connectivity index (χ3v) is 5.20. The van der Waals surface area contributed by atoms with Crippen LogP contribution in [0.2, 0.25) is 0 Å². The molecule has 2 amide bonds. The van der Waals surface area contributed by atoms with Crippen molar-refractivity contribution < 1.29 is 19.5 Å². The minimum atomic E-state index is -0.907. The molecule has 2 atom stereocenters. The monoisotopic (exact) mass is 338 g/mol. The van der Waals surface area contributed by atoms with Gasteiger partial charge in [-0.1, -0.05) is 32.6 Å². The SMILES string of the molecule is CCC[C@H](CC(=O)O)NC(=O)[C@H]1CCCN1C(=O)C1CCCCC1. The van der Waals surface area contributed by atoms with Crippen LogP contribution in [0.15, 0.2) is 0 Å². The largest absolute Gasteiger partial charge is 0.481 e. The molecule has 0 radical (unpaired) electrons. The molecule has 1 aliphatic heterocycles. The van der Waals surface area contributed by atoms with Gasteiger partial charge in [-0.2, -0.15) is 0 Å². The second kappa shape index (κ2) is 9.04. The molecule has 1 saturated carbocycles. The van der Waals surface area contributed by atoms with E-state index < -0.39 is 12.0 Å². The third kappa shape index (κ3) is 4.95. The molecule has 0 aromatic rings. The summed E-state index contributed by atoms with van der Waals surface area (Å²) in [4.78, 5) is 38.1. The first-order valence-corrected chi connectivity index (χ1v) is 9.35. The fourth-order valence-corrected chi connectivity index (χ4v) is 3.97. The summed E-state index contributed by atoms with van der Waals surface area (Å²) in [6.45, 7) is 2.61. The topological polar surface area (TPSA) is 86.7 Å². The van der Waals surface area contributed by atoms with Crippen LogP contribution in [0.4, 0.5) is 0 Å². The summed E-state index contributed by atoms with van der Waals surface area (Å²) in [5.74, 6) is -0.901. The molecular formula is C18H30N2O4. The molecule has 1 saturated heterocycles. The summed E-state index contributed by atoms with van der Waals surface area (Å²) in [7, 11) is 0. The van der Waals surface area contributed by atoms with Crippen molar-refractivity contribution in [2.45, 2.75) is 83.2 Å². The van der Waals surface area contributed by atoms with Crippen LogP contribution in [-0.4, -0.2) is 46.4 Å². The fourth-order valence-electron chi connectivity index (χ4n) is 3.97. The summed E-state index contributed by atoms with van der Waals surface area (Å²) in [5.41, 5.74) is 0. The minimum Gasteiger partial charge on any atom is -0.481 e. The predicted molar refractivity (Wildman–Crippen MR) is 90.4 cm³/mol. The first-order chi connectivity index (χ1) is 11.5. The van der Waals surface area contributed by atoms with Crippen LogP contribution in [0.3, 0.4) is 0 Å². The Kier molecular flexibility index (Phi) is 7.06. The number of likely N-dealkylation sites (tertiary alicyclic amines) is 1. The van der Waals surface area contributed by atoms with Gasteiger partial charge in [0.2, 0.25) is 11.8 Å². The molecule has 2 fully saturated rings. The van der Waals surface area contributed by atoms with E-state index in [1.165, 1.54) is 6.42 Å². The molecule has 6 nitrogen and oxygen atoms in total. The van der Waals surface area contributed by atoms with Gasteiger partial charge >= 0.3 is 5.97 Å². The van der Waals surface area contributed by atoms with E-state index >= 15 is 0 Å². The highest BCUT2D eigenvalue weighted by Crippen LogP contribution is 2.29. The average Bonchev–Trinajstić information content (AvgIpc) is 3.04. The van der Waals surface area contributed by atoms with Crippen molar-refractivity contribution in [1.29, 1.82) is 0 Å². The normalized spacial score (nSPS) is 23.0. The number of rotatable bonds is 7. The smallest absolute Gasteiger partial charge is 0.305 e. The van der Waals surface area contributed by atoms with Crippen molar-refractivity contribution in [2.24, 2.45) is 5.92 Å². The van der Waals surface area contributed by atoms with Crippen molar-refractivity contribution in [3.8, 4) is 0 Å². The Hall–Kier alpha value is -1.59. The highest BCUT2D eigenvalue weighted by Gasteiger charge is 2.37. The van der Waals surface area contributed by atoms with Crippen LogP contribution < -0.4 is 5.32 Å². The molecule has 0 aromatic carbocycles. The predicted octanol–water partition coefficient (Wildman–Crippen LogP) is 2.32. The number of nitrogens with one attached hydrogen (secondary N) is 1. The highest BCUT2D eigenvalue weighted by molar-refractivity contribution is 5.89. The number of aliphatic carboxylic acids is 1. The van der Waals surface area contributed by atoms with E-state index in [4.69, 9.17) is 5.11 Å². The van der Waals surface area contributed by atoms with Gasteiger partial charge in [-0.05, 0) is 32.1 Å². The molecule has 1 heterocycles. The lowest BCUT2D eigenvalue weighted by Crippen LogP contribution is -2.50. The number of nitrogens with zero attached hydrogens (tertiary/aromatic N) is 1. The van der Waals surface area contributed by atoms with Gasteiger partial charge in [0.1, 0.15) is 6.04 Å². The molecule has 6 heteroatoms. The molecule has 0 unspecified atom stereocenters. The van der Waals surface area contributed by atoms with E-state index in [-0.39, 0.29) is 30.2 Å². The zero-order chi connectivity index (χ0) is 17.5. The lowest BCUT2D eigenvalue weighted by atomic mass is 9.88. The van der Waals surface area contributed by atoms with Crippen LogP contribution in [0.25, 0.3) is 0 Å². The van der Waals surface area contributed by atoms with E-state index in [2.05, 4.69) is 5.32 Å². The zero-order valence-electron chi connectivity index (χ0n) is 14.6. The van der Waals surface area contributed by atoms with Crippen molar-refractivity contribution in [2.75, 3.05) is 6.54 Å². The van der Waals surface area contributed by atoms with Gasteiger partial charge in [0.15, 0.2) is 0 Å². The molecule has 2 rings (SSSR count). The van der Waals surface area contributed by atoms with Crippen molar-refractivity contribution in [1.82, 2.24) is 10.2 Å². The highest BCUT2D eigenvalue weighted by atomic mass is 16.4. The Morgan fingerprint density at radius 2 is 1.83 bits per heavy atom. The second-order valence-electron chi connectivity index (χ2n) is 7.12. The number of amides is 2. The number of carboxylic acids is 1. The number of hydrogen-bond donors (Lipinski definition) is 2. The van der Waals surface area contributed by atoms with Gasteiger partial charge in [0.05, 0.1) is 6.42 Å². The molecular weight excluding hydrogens is 308 g/mol. The van der Waals surface area contributed by atoms with Gasteiger partial charge in [-0.25, -0.2) is 0 Å². The minimum absolute atomic E-state index is 0.0666. The van der Waals surface area contributed by atoms with Crippen LogP contribution >= 0.6 is 0 Å². The average molecular weight is 338 g/mol. The Bertz CT molecular complexity index is 460. The molecule has 2 aliphatic rings. The molecule has 2 N–H and O–H groups in total. The number of carbonyl (C=O) groups excluding carboxylic acids is 2. The molecule has 0 aromatic heterocycles. The van der Waals surface area contributed by atoms with E-state index in [0.717, 1.165) is 38.5 Å². The maximum atomic E-state index is 12.8. The number of hydrogen-bond acceptors (Lipinski definition) is 3. The van der Waals surface area contributed by atoms with Gasteiger partial charge < -0.3 is 15.3 Å². The van der Waals surface area contributed by atoms with Crippen molar-refractivity contribution in [3.05, 3.63) is 0 Å². The summed E-state index contributed by atoms with van der Waals surface area (Å²) in [6, 6.07) is -0.778. The summed E-state index contributed by atoms with van der Waals surface area (Å²) >= 11 is 0. The molecule has 0 bridgehead atoms. The first-order valence-electron chi connectivity index (χ1n) is 9.35. The standard InChI is InChI=1S/C18H30N2O4/c1-2-7-14(12-16(21)22)19-17(23)15-10-6-11-20(15)18(24)13-8-4-3-5-9-13/h13-15H,2-12H2,1H3,(H,19,23)(H,21,22)/t14-,15-/m1/s1. The summed E-state index contributed by atoms with van der Waals surface area (Å²) in [6.07, 6.45) is 8.16. The second-order valence-corrected chi connectivity index (χ2v) is 7.12. The Labute approximate surface area is 144 Å². The van der Waals surface area contributed by atoms with E-state index in [1.54, 1.807) is 4.90 Å². The Morgan fingerprint density at radius 3 is 2.46 bits per heavy atom. The van der Waals surface area contributed by atoms with Gasteiger partial charge in [-0.3, -0.25) is 14.4 Å². The van der Waals surface area contributed by atoms with E-state index in [1.807, 2.05) is 6.92 Å². The quantitative estimate of drug-likeness (QED) is 0.746. The Balaban J connectivity index is 1.96. The van der Waals surface area contributed by atoms with Crippen LogP contribution in [-0.2, 0) is 14.4 Å². The maximum absolute atomic E-state index is 12.8. The molecule has 136 valence electrons. The maximum Gasteiger partial charge on any atom is 0.305 e. The lowest BCUT2D eigenvalue weighted by molar-refractivity contribution is -0.143. The summed E-state index contributed by atoms with van der Waals surface area (Å²) < 4.78 is 0. The number of carbonyl (C=O) groups is 3. The number of carboxylic acid groups (broad SMARTS) is 1. The zero-order valence-corrected chi connectivity index (χ0v) is 14.6. The van der Waals surface area contributed by atoms with Crippen molar-refractivity contribution >= 4 is 17.8 Å². The van der Waals surface area contributed by atoms with Gasteiger partial charge in [0, 0.05) is 18.5 Å². The first kappa shape index (κ1) is 18.7. The molecule has 1 aliphatic carbocycles. The van der Waals surface area contributed by atoms with Crippen molar-refractivity contribution in [3.63, 3.8) is 0 Å². The van der Waals surface area contributed by atoms with Gasteiger partial charge in [-0.15, -0.1) is 0 Å². The lowest BCUT2D eigenvalue weighted by Gasteiger charge is -2.30.